The smallest absolute Gasteiger partial charge is 0.234 e. The van der Waals surface area contributed by atoms with Crippen LogP contribution < -0.4 is 5.32 Å². The van der Waals surface area contributed by atoms with Crippen LogP contribution >= 0.6 is 0 Å². The molecule has 19 heavy (non-hydrogen) atoms. The highest BCUT2D eigenvalue weighted by atomic mass is 16.5. The summed E-state index contributed by atoms with van der Waals surface area (Å²) in [5.74, 6) is 0.134. The third-order valence-electron chi connectivity index (χ3n) is 4.13. The van der Waals surface area contributed by atoms with Crippen molar-refractivity contribution in [2.45, 2.75) is 37.8 Å². The number of carbonyl (C=O) groups is 1. The van der Waals surface area contributed by atoms with Crippen molar-refractivity contribution in [1.29, 1.82) is 0 Å². The van der Waals surface area contributed by atoms with Gasteiger partial charge in [-0.25, -0.2) is 0 Å². The first-order valence-corrected chi connectivity index (χ1v) is 7.42. The highest BCUT2D eigenvalue weighted by Crippen LogP contribution is 2.13. The summed E-state index contributed by atoms with van der Waals surface area (Å²) < 4.78 is 5.51. The molecule has 1 N–H and O–H groups in total. The van der Waals surface area contributed by atoms with E-state index >= 15 is 0 Å². The van der Waals surface area contributed by atoms with Crippen molar-refractivity contribution in [2.75, 3.05) is 46.9 Å². The van der Waals surface area contributed by atoms with Crippen molar-refractivity contribution in [1.82, 2.24) is 15.1 Å². The molecule has 1 amide bonds. The Morgan fingerprint density at radius 3 is 2.89 bits per heavy atom. The van der Waals surface area contributed by atoms with Crippen LogP contribution in [0.1, 0.15) is 25.7 Å². The molecule has 0 saturated carbocycles. The molecule has 110 valence electrons. The molecule has 0 aromatic carbocycles. The maximum Gasteiger partial charge on any atom is 0.234 e. The monoisotopic (exact) mass is 269 g/mol. The predicted octanol–water partition coefficient (Wildman–Crippen LogP) is 0.308. The number of likely N-dealkylation sites (N-methyl/N-ethyl adjacent to an activating group) is 1. The molecule has 2 atom stereocenters. The van der Waals surface area contributed by atoms with Gasteiger partial charge in [0, 0.05) is 25.7 Å². The largest absolute Gasteiger partial charge is 0.376 e. The van der Waals surface area contributed by atoms with E-state index in [1.165, 1.54) is 12.8 Å². The molecule has 2 heterocycles. The second-order valence-electron chi connectivity index (χ2n) is 5.93. The number of hydrogen-bond acceptors (Lipinski definition) is 4. The van der Waals surface area contributed by atoms with Crippen LogP contribution in [0.15, 0.2) is 0 Å². The first-order valence-electron chi connectivity index (χ1n) is 7.42. The van der Waals surface area contributed by atoms with Crippen molar-refractivity contribution in [2.24, 2.45) is 0 Å². The van der Waals surface area contributed by atoms with Gasteiger partial charge < -0.3 is 15.0 Å². The lowest BCUT2D eigenvalue weighted by atomic mass is 10.1. The van der Waals surface area contributed by atoms with Crippen LogP contribution in [0.5, 0.6) is 0 Å². The molecular formula is C14H27N3O2. The van der Waals surface area contributed by atoms with Gasteiger partial charge in [-0.3, -0.25) is 9.69 Å². The van der Waals surface area contributed by atoms with E-state index < -0.39 is 0 Å². The quantitative estimate of drug-likeness (QED) is 0.780. The number of piperidine rings is 1. The Balaban J connectivity index is 1.66. The van der Waals surface area contributed by atoms with Crippen LogP contribution in [-0.4, -0.2) is 74.7 Å². The van der Waals surface area contributed by atoms with E-state index in [1.54, 1.807) is 0 Å². The minimum atomic E-state index is 0.134. The Morgan fingerprint density at radius 2 is 2.21 bits per heavy atom. The lowest BCUT2D eigenvalue weighted by Gasteiger charge is -2.35. The van der Waals surface area contributed by atoms with Crippen LogP contribution in [0.4, 0.5) is 0 Å². The molecule has 2 rings (SSSR count). The molecule has 5 nitrogen and oxygen atoms in total. The fraction of sp³-hybridized carbons (Fsp3) is 0.929. The number of nitrogens with zero attached hydrogens (tertiary/aromatic N) is 2. The molecule has 0 radical (unpaired) electrons. The van der Waals surface area contributed by atoms with E-state index in [0.29, 0.717) is 19.1 Å². The fourth-order valence-electron chi connectivity index (χ4n) is 2.89. The topological polar surface area (TPSA) is 44.8 Å². The van der Waals surface area contributed by atoms with E-state index in [2.05, 4.69) is 29.2 Å². The van der Waals surface area contributed by atoms with Gasteiger partial charge in [-0.05, 0) is 46.3 Å². The van der Waals surface area contributed by atoms with Crippen molar-refractivity contribution >= 4 is 5.91 Å². The third-order valence-corrected chi connectivity index (χ3v) is 4.13. The van der Waals surface area contributed by atoms with Gasteiger partial charge in [0.15, 0.2) is 0 Å². The lowest BCUT2D eigenvalue weighted by Crippen LogP contribution is -2.48. The molecule has 0 bridgehead atoms. The number of carbonyl (C=O) groups excluding carboxylic acids is 1. The van der Waals surface area contributed by atoms with Crippen molar-refractivity contribution < 1.29 is 9.53 Å². The van der Waals surface area contributed by atoms with E-state index in [0.717, 1.165) is 32.5 Å². The van der Waals surface area contributed by atoms with Gasteiger partial charge in [0.25, 0.3) is 0 Å². The summed E-state index contributed by atoms with van der Waals surface area (Å²) in [5, 5.41) is 3.00. The molecule has 0 spiro atoms. The maximum atomic E-state index is 11.9. The van der Waals surface area contributed by atoms with Crippen LogP contribution in [-0.2, 0) is 9.53 Å². The van der Waals surface area contributed by atoms with Gasteiger partial charge in [-0.1, -0.05) is 0 Å². The number of rotatable bonds is 5. The average Bonchev–Trinajstić information content (AvgIpc) is 2.90. The van der Waals surface area contributed by atoms with Crippen molar-refractivity contribution in [3.63, 3.8) is 0 Å². The molecule has 2 aliphatic rings. The zero-order valence-corrected chi connectivity index (χ0v) is 12.2. The maximum absolute atomic E-state index is 11.9. The Bertz CT molecular complexity index is 290. The van der Waals surface area contributed by atoms with Gasteiger partial charge in [0.1, 0.15) is 0 Å². The number of likely N-dealkylation sites (tertiary alicyclic amines) is 1. The van der Waals surface area contributed by atoms with Crippen molar-refractivity contribution in [3.05, 3.63) is 0 Å². The number of nitrogens with one attached hydrogen (secondary N) is 1. The van der Waals surface area contributed by atoms with Crippen LogP contribution in [0, 0.1) is 0 Å². The summed E-state index contributed by atoms with van der Waals surface area (Å²) in [5.41, 5.74) is 0. The summed E-state index contributed by atoms with van der Waals surface area (Å²) in [4.78, 5) is 16.4. The Labute approximate surface area is 116 Å². The van der Waals surface area contributed by atoms with Gasteiger partial charge >= 0.3 is 0 Å². The number of ether oxygens (including phenoxy) is 1. The summed E-state index contributed by atoms with van der Waals surface area (Å²) in [6.45, 7) is 4.08. The third kappa shape index (κ3) is 4.75. The van der Waals surface area contributed by atoms with E-state index in [1.807, 2.05) is 0 Å². The highest BCUT2D eigenvalue weighted by molar-refractivity contribution is 5.78. The normalized spacial score (nSPS) is 28.8. The van der Waals surface area contributed by atoms with Crippen LogP contribution in [0.2, 0.25) is 0 Å². The SMILES string of the molecule is CN(C)C1CCCN(CC(=O)NCC2CCCO2)C1. The minimum absolute atomic E-state index is 0.134. The lowest BCUT2D eigenvalue weighted by molar-refractivity contribution is -0.123. The van der Waals surface area contributed by atoms with E-state index in [-0.39, 0.29) is 12.0 Å². The molecule has 0 aromatic heterocycles. The summed E-state index contributed by atoms with van der Waals surface area (Å²) in [6.07, 6.45) is 4.85. The van der Waals surface area contributed by atoms with Crippen molar-refractivity contribution in [3.8, 4) is 0 Å². The first-order chi connectivity index (χ1) is 9.15. The fourth-order valence-corrected chi connectivity index (χ4v) is 2.89. The van der Waals surface area contributed by atoms with Gasteiger partial charge in [0.2, 0.25) is 5.91 Å². The number of amides is 1. The predicted molar refractivity (Wildman–Crippen MR) is 75.1 cm³/mol. The van der Waals surface area contributed by atoms with Gasteiger partial charge in [-0.15, -0.1) is 0 Å². The molecule has 0 aliphatic carbocycles. The summed E-state index contributed by atoms with van der Waals surface area (Å²) in [6, 6.07) is 0.583. The highest BCUT2D eigenvalue weighted by Gasteiger charge is 2.23. The molecular weight excluding hydrogens is 242 g/mol. The Hall–Kier alpha value is -0.650. The first kappa shape index (κ1) is 14.8. The molecule has 2 saturated heterocycles. The molecule has 2 aliphatic heterocycles. The zero-order valence-electron chi connectivity index (χ0n) is 12.2. The summed E-state index contributed by atoms with van der Waals surface area (Å²) >= 11 is 0. The second-order valence-corrected chi connectivity index (χ2v) is 5.93. The standard InChI is InChI=1S/C14H27N3O2/c1-16(2)12-5-3-7-17(10-12)11-14(18)15-9-13-6-4-8-19-13/h12-13H,3-11H2,1-2H3,(H,15,18). The van der Waals surface area contributed by atoms with Crippen LogP contribution in [0.25, 0.3) is 0 Å². The van der Waals surface area contributed by atoms with E-state index in [9.17, 15) is 4.79 Å². The van der Waals surface area contributed by atoms with Gasteiger partial charge in [0.05, 0.1) is 12.6 Å². The number of hydrogen-bond donors (Lipinski definition) is 1. The second kappa shape index (κ2) is 7.22. The average molecular weight is 269 g/mol. The van der Waals surface area contributed by atoms with Crippen LogP contribution in [0.3, 0.4) is 0 Å². The Kier molecular flexibility index (Phi) is 5.60. The molecule has 2 fully saturated rings. The zero-order chi connectivity index (χ0) is 13.7. The molecule has 5 heteroatoms. The minimum Gasteiger partial charge on any atom is -0.376 e. The Morgan fingerprint density at radius 1 is 1.37 bits per heavy atom. The molecule has 0 aromatic rings. The van der Waals surface area contributed by atoms with E-state index in [4.69, 9.17) is 4.74 Å². The molecule has 2 unspecified atom stereocenters. The van der Waals surface area contributed by atoms with Gasteiger partial charge in [-0.2, -0.15) is 0 Å². The summed E-state index contributed by atoms with van der Waals surface area (Å²) in [7, 11) is 4.23.